The molecule has 0 spiro atoms. The molecule has 0 bridgehead atoms. The van der Waals surface area contributed by atoms with Crippen molar-refractivity contribution < 1.29 is 55.2 Å². The zero-order valence-electron chi connectivity index (χ0n) is 35.7. The molecule has 1 aliphatic heterocycles. The molecule has 1 aliphatic rings. The summed E-state index contributed by atoms with van der Waals surface area (Å²) in [5.74, 6) is -1.98. The average molecular weight is 915 g/mol. The zero-order chi connectivity index (χ0) is 45.7. The first-order valence-corrected chi connectivity index (χ1v) is 23.0. The minimum atomic E-state index is -4.94. The van der Waals surface area contributed by atoms with Crippen LogP contribution in [0.15, 0.2) is 157 Å². The highest BCUT2D eigenvalue weighted by atomic mass is 32.2. The number of aliphatic hydroxyl groups is 1. The van der Waals surface area contributed by atoms with E-state index < -0.39 is 52.3 Å². The Hall–Kier alpha value is -5.39. The van der Waals surface area contributed by atoms with Gasteiger partial charge in [-0.05, 0) is 73.1 Å². The number of aryl methyl sites for hydroxylation is 1. The minimum Gasteiger partial charge on any atom is -0.379 e. The van der Waals surface area contributed by atoms with Crippen LogP contribution in [-0.2, 0) is 64.7 Å². The summed E-state index contributed by atoms with van der Waals surface area (Å²) in [7, 11) is -4.10. The highest BCUT2D eigenvalue weighted by Gasteiger charge is 2.58. The van der Waals surface area contributed by atoms with Crippen LogP contribution in [0.3, 0.4) is 0 Å². The lowest BCUT2D eigenvalue weighted by molar-refractivity contribution is -0.360. The van der Waals surface area contributed by atoms with Gasteiger partial charge in [-0.25, -0.2) is 12.4 Å². The van der Waals surface area contributed by atoms with Gasteiger partial charge in [0.2, 0.25) is 0 Å². The Labute approximate surface area is 377 Å². The van der Waals surface area contributed by atoms with E-state index in [-0.39, 0.29) is 57.3 Å². The van der Waals surface area contributed by atoms with Crippen molar-refractivity contribution in [3.05, 3.63) is 174 Å². The van der Waals surface area contributed by atoms with Crippen LogP contribution in [0.5, 0.6) is 0 Å². The Morgan fingerprint density at radius 1 is 0.738 bits per heavy atom. The topological polar surface area (TPSA) is 135 Å². The molecule has 5 atom stereocenters. The van der Waals surface area contributed by atoms with E-state index in [2.05, 4.69) is 0 Å². The van der Waals surface area contributed by atoms with Gasteiger partial charge in [0.05, 0.1) is 36.8 Å². The smallest absolute Gasteiger partial charge is 0.379 e. The summed E-state index contributed by atoms with van der Waals surface area (Å²) in [4.78, 5) is 11.3. The summed E-state index contributed by atoms with van der Waals surface area (Å²) in [6.45, 7) is 0.296. The molecular weight excluding hydrogens is 862 g/mol. The maximum Gasteiger partial charge on any atom is 0.471 e. The van der Waals surface area contributed by atoms with E-state index in [1.807, 2.05) is 115 Å². The number of halogens is 3. The summed E-state index contributed by atoms with van der Waals surface area (Å²) < 4.78 is 101. The molecule has 7 rings (SSSR count). The Bertz CT molecular complexity index is 2510. The van der Waals surface area contributed by atoms with Gasteiger partial charge in [0.1, 0.15) is 23.9 Å². The SMILES string of the molecule is O=C(NCCCCCOC[C@H]1O[C@@H](O)[C@](CCc2cc3ccccc3n2S(=O)(=O)c2ccccc2)(OCc2ccccc2)[C@@H](OCc2ccccc2)[C@@H]1OCc1ccccc1)C(F)(F)F. The molecule has 2 N–H and O–H groups in total. The third kappa shape index (κ3) is 12.1. The third-order valence-electron chi connectivity index (χ3n) is 11.4. The monoisotopic (exact) mass is 914 g/mol. The van der Waals surface area contributed by atoms with Gasteiger partial charge in [-0.3, -0.25) is 4.79 Å². The lowest BCUT2D eigenvalue weighted by atomic mass is 9.81. The van der Waals surface area contributed by atoms with E-state index in [0.29, 0.717) is 35.9 Å². The minimum absolute atomic E-state index is 0.0186. The Kier molecular flexibility index (Phi) is 16.2. The molecule has 1 amide bonds. The van der Waals surface area contributed by atoms with Crippen LogP contribution >= 0.6 is 0 Å². The number of unbranched alkanes of at least 4 members (excludes halogenated alkanes) is 2. The number of alkyl halides is 3. The van der Waals surface area contributed by atoms with Crippen LogP contribution in [0.4, 0.5) is 13.2 Å². The predicted octanol–water partition coefficient (Wildman–Crippen LogP) is 8.52. The number of benzene rings is 5. The Morgan fingerprint density at radius 3 is 1.94 bits per heavy atom. The van der Waals surface area contributed by atoms with Gasteiger partial charge in [-0.15, -0.1) is 0 Å². The number of carbonyl (C=O) groups is 1. The standard InChI is InChI=1S/C50H53F3N2O9S/c51-50(52,53)47(56)54-30-16-5-17-31-60-36-44-45(61-33-37-18-6-1-7-19-37)46(62-34-38-20-8-2-9-21-38)49(48(57)64-44,63-35-39-22-10-3-11-23-39)29-28-41-32-40-24-14-15-27-43(40)55(41)65(58,59)42-25-12-4-13-26-42/h1-4,6-15,18-27,32,44-46,48,57H,5,16-17,28-31,33-36H2,(H,54,56)/t44-,45-,46+,48-,49-/m1/s1. The van der Waals surface area contributed by atoms with Crippen molar-refractivity contribution in [1.29, 1.82) is 0 Å². The lowest BCUT2D eigenvalue weighted by Gasteiger charge is -2.52. The number of nitrogens with zero attached hydrogens (tertiary/aromatic N) is 1. The van der Waals surface area contributed by atoms with Crippen molar-refractivity contribution in [3.8, 4) is 0 Å². The van der Waals surface area contributed by atoms with E-state index in [9.17, 15) is 31.5 Å². The van der Waals surface area contributed by atoms with Crippen LogP contribution in [0.2, 0.25) is 0 Å². The quantitative estimate of drug-likeness (QED) is 0.0643. The Morgan fingerprint density at radius 2 is 1.31 bits per heavy atom. The second kappa shape index (κ2) is 22.2. The van der Waals surface area contributed by atoms with Crippen LogP contribution in [0.1, 0.15) is 48.1 Å². The molecule has 65 heavy (non-hydrogen) atoms. The molecule has 2 heterocycles. The fourth-order valence-electron chi connectivity index (χ4n) is 8.02. The second-order valence-electron chi connectivity index (χ2n) is 15.9. The molecular formula is C50H53F3N2O9S. The van der Waals surface area contributed by atoms with Crippen molar-refractivity contribution in [2.75, 3.05) is 19.8 Å². The van der Waals surface area contributed by atoms with Gasteiger partial charge in [0.15, 0.2) is 6.29 Å². The van der Waals surface area contributed by atoms with E-state index in [0.717, 1.165) is 16.7 Å². The van der Waals surface area contributed by atoms with Gasteiger partial charge < -0.3 is 34.1 Å². The van der Waals surface area contributed by atoms with Crippen molar-refractivity contribution in [1.82, 2.24) is 9.29 Å². The molecule has 1 fully saturated rings. The highest BCUT2D eigenvalue weighted by molar-refractivity contribution is 7.90. The van der Waals surface area contributed by atoms with Gasteiger partial charge in [-0.1, -0.05) is 127 Å². The molecule has 0 saturated carbocycles. The first-order chi connectivity index (χ1) is 31.5. The molecule has 0 radical (unpaired) electrons. The van der Waals surface area contributed by atoms with E-state index >= 15 is 0 Å². The summed E-state index contributed by atoms with van der Waals surface area (Å²) in [6.07, 6.45) is -8.06. The number of aliphatic hydroxyl groups excluding tert-OH is 1. The predicted molar refractivity (Wildman–Crippen MR) is 238 cm³/mol. The number of fused-ring (bicyclic) bond motifs is 1. The number of carbonyl (C=O) groups excluding carboxylic acids is 1. The van der Waals surface area contributed by atoms with Gasteiger partial charge >= 0.3 is 12.1 Å². The van der Waals surface area contributed by atoms with Crippen LogP contribution in [0, 0.1) is 0 Å². The van der Waals surface area contributed by atoms with Gasteiger partial charge in [0, 0.05) is 24.2 Å². The summed E-state index contributed by atoms with van der Waals surface area (Å²) in [5.41, 5.74) is 1.81. The number of ether oxygens (including phenoxy) is 5. The maximum absolute atomic E-state index is 14.5. The van der Waals surface area contributed by atoms with Crippen LogP contribution in [-0.4, -0.2) is 79.5 Å². The van der Waals surface area contributed by atoms with Crippen molar-refractivity contribution >= 4 is 26.8 Å². The van der Waals surface area contributed by atoms with Crippen LogP contribution in [0.25, 0.3) is 10.9 Å². The number of hydrogen-bond donors (Lipinski definition) is 2. The molecule has 1 aromatic heterocycles. The number of rotatable bonds is 22. The molecule has 0 unspecified atom stereocenters. The molecule has 5 aromatic carbocycles. The van der Waals surface area contributed by atoms with Gasteiger partial charge in [0.25, 0.3) is 10.0 Å². The number of nitrogens with one attached hydrogen (secondary N) is 1. The zero-order valence-corrected chi connectivity index (χ0v) is 36.5. The summed E-state index contributed by atoms with van der Waals surface area (Å²) >= 11 is 0. The van der Waals surface area contributed by atoms with E-state index in [1.165, 1.54) is 3.97 Å². The molecule has 6 aromatic rings. The number of aromatic nitrogens is 1. The lowest BCUT2D eigenvalue weighted by Crippen LogP contribution is -2.69. The van der Waals surface area contributed by atoms with Crippen molar-refractivity contribution in [2.45, 2.75) is 93.2 Å². The van der Waals surface area contributed by atoms with Crippen molar-refractivity contribution in [3.63, 3.8) is 0 Å². The first kappa shape index (κ1) is 47.6. The number of amides is 1. The number of hydrogen-bond acceptors (Lipinski definition) is 9. The normalized spacial score (nSPS) is 20.2. The second-order valence-corrected chi connectivity index (χ2v) is 17.7. The fraction of sp³-hybridized carbons (Fsp3) is 0.340. The van der Waals surface area contributed by atoms with Crippen molar-refractivity contribution in [2.24, 2.45) is 0 Å². The molecule has 15 heteroatoms. The molecule has 344 valence electrons. The first-order valence-electron chi connectivity index (χ1n) is 21.6. The molecule has 0 aliphatic carbocycles. The largest absolute Gasteiger partial charge is 0.471 e. The summed E-state index contributed by atoms with van der Waals surface area (Å²) in [5, 5.41) is 15.1. The third-order valence-corrected chi connectivity index (χ3v) is 13.1. The Balaban J connectivity index is 1.22. The van der Waals surface area contributed by atoms with E-state index in [1.54, 1.807) is 42.5 Å². The van der Waals surface area contributed by atoms with E-state index in [4.69, 9.17) is 23.7 Å². The summed E-state index contributed by atoms with van der Waals surface area (Å²) in [6, 6.07) is 45.8. The van der Waals surface area contributed by atoms with Gasteiger partial charge in [-0.2, -0.15) is 13.2 Å². The number of para-hydroxylation sites is 1. The average Bonchev–Trinajstić information content (AvgIpc) is 3.71. The fourth-order valence-corrected chi connectivity index (χ4v) is 9.61. The van der Waals surface area contributed by atoms with Crippen LogP contribution < -0.4 is 5.32 Å². The molecule has 1 saturated heterocycles. The highest BCUT2D eigenvalue weighted by Crippen LogP contribution is 2.41. The molecule has 11 nitrogen and oxygen atoms in total. The maximum atomic E-state index is 14.5.